The van der Waals surface area contributed by atoms with Crippen molar-refractivity contribution in [3.8, 4) is 0 Å². The van der Waals surface area contributed by atoms with Gasteiger partial charge in [0, 0.05) is 54.3 Å². The van der Waals surface area contributed by atoms with E-state index in [1.807, 2.05) is 0 Å². The van der Waals surface area contributed by atoms with Crippen LogP contribution in [-0.4, -0.2) is 70.3 Å². The van der Waals surface area contributed by atoms with E-state index in [2.05, 4.69) is 0 Å². The first-order chi connectivity index (χ1) is 14.7. The van der Waals surface area contributed by atoms with E-state index in [0.29, 0.717) is 13.2 Å². The average molecular weight is 451 g/mol. The summed E-state index contributed by atoms with van der Waals surface area (Å²) in [5.74, 6) is 0. The number of methoxy groups -OCH3 is 1. The summed E-state index contributed by atoms with van der Waals surface area (Å²) in [7, 11) is 4.42. The summed E-state index contributed by atoms with van der Waals surface area (Å²) in [6, 6.07) is 0.916. The molecule has 0 aliphatic rings. The molecule has 6 nitrogen and oxygen atoms in total. The third-order valence-electron chi connectivity index (χ3n) is 5.46. The minimum Gasteiger partial charge on any atom is -0.382 e. The molecule has 0 aromatic heterocycles. The lowest BCUT2D eigenvalue weighted by atomic mass is 10.1. The molecule has 0 saturated carbocycles. The third kappa shape index (κ3) is 18.7. The highest BCUT2D eigenvalue weighted by atomic mass is 28.4. The molecule has 0 aliphatic carbocycles. The third-order valence-corrected chi connectivity index (χ3v) is 8.30. The Bertz CT molecular complexity index is 321. The summed E-state index contributed by atoms with van der Waals surface area (Å²) in [4.78, 5) is 0. The maximum absolute atomic E-state index is 5.75. The molecule has 0 N–H and O–H groups in total. The normalized spacial score (nSPS) is 12.0. The van der Waals surface area contributed by atoms with Crippen LogP contribution in [0.3, 0.4) is 0 Å². The lowest BCUT2D eigenvalue weighted by molar-refractivity contribution is 0.0680. The quantitative estimate of drug-likeness (QED) is 0.133. The summed E-state index contributed by atoms with van der Waals surface area (Å²) in [6.45, 7) is 4.08. The fourth-order valence-corrected chi connectivity index (χ4v) is 5.24. The van der Waals surface area contributed by atoms with Crippen LogP contribution in [-0.2, 0) is 27.5 Å². The molecule has 0 aromatic carbocycles. The Morgan fingerprint density at radius 3 is 1.17 bits per heavy atom. The van der Waals surface area contributed by atoms with E-state index in [9.17, 15) is 0 Å². The SMILES string of the molecule is COCCOCCCCCCOCCCCCCCCCCC[Si](OC)(OC)OC. The largest absolute Gasteiger partial charge is 0.500 e. The Balaban J connectivity index is 3.16. The first kappa shape index (κ1) is 30.0. The first-order valence-corrected chi connectivity index (χ1v) is 14.0. The Morgan fingerprint density at radius 1 is 0.400 bits per heavy atom. The predicted octanol–water partition coefficient (Wildman–Crippen LogP) is 5.62. The van der Waals surface area contributed by atoms with Gasteiger partial charge in [0.25, 0.3) is 0 Å². The molecule has 0 heterocycles. The van der Waals surface area contributed by atoms with Crippen LogP contribution < -0.4 is 0 Å². The van der Waals surface area contributed by atoms with Gasteiger partial charge in [0.1, 0.15) is 0 Å². The lowest BCUT2D eigenvalue weighted by Crippen LogP contribution is -2.42. The van der Waals surface area contributed by atoms with Gasteiger partial charge in [-0.05, 0) is 25.7 Å². The van der Waals surface area contributed by atoms with Gasteiger partial charge in [0.05, 0.1) is 13.2 Å². The van der Waals surface area contributed by atoms with Gasteiger partial charge in [-0.2, -0.15) is 0 Å². The summed E-state index contributed by atoms with van der Waals surface area (Å²) >= 11 is 0. The summed E-state index contributed by atoms with van der Waals surface area (Å²) in [6.07, 6.45) is 16.3. The van der Waals surface area contributed by atoms with Gasteiger partial charge < -0.3 is 27.5 Å². The van der Waals surface area contributed by atoms with Gasteiger partial charge in [-0.3, -0.25) is 0 Å². The van der Waals surface area contributed by atoms with Crippen molar-refractivity contribution in [2.75, 3.05) is 61.5 Å². The van der Waals surface area contributed by atoms with E-state index in [1.165, 1.54) is 70.6 Å². The molecule has 0 radical (unpaired) electrons. The van der Waals surface area contributed by atoms with Crippen molar-refractivity contribution in [2.45, 2.75) is 89.5 Å². The number of hydrogen-bond acceptors (Lipinski definition) is 6. The van der Waals surface area contributed by atoms with Crippen LogP contribution in [0.1, 0.15) is 83.5 Å². The predicted molar refractivity (Wildman–Crippen MR) is 125 cm³/mol. The first-order valence-electron chi connectivity index (χ1n) is 12.0. The Labute approximate surface area is 187 Å². The van der Waals surface area contributed by atoms with Crippen LogP contribution >= 0.6 is 0 Å². The van der Waals surface area contributed by atoms with E-state index in [4.69, 9.17) is 27.5 Å². The van der Waals surface area contributed by atoms with Crippen LogP contribution in [0.5, 0.6) is 0 Å². The van der Waals surface area contributed by atoms with E-state index in [1.54, 1.807) is 28.4 Å². The number of hydrogen-bond donors (Lipinski definition) is 0. The van der Waals surface area contributed by atoms with Crippen molar-refractivity contribution in [3.63, 3.8) is 0 Å². The smallest absolute Gasteiger partial charge is 0.382 e. The van der Waals surface area contributed by atoms with E-state index >= 15 is 0 Å². The van der Waals surface area contributed by atoms with Gasteiger partial charge in [-0.15, -0.1) is 0 Å². The molecule has 0 spiro atoms. The zero-order valence-electron chi connectivity index (χ0n) is 20.4. The van der Waals surface area contributed by atoms with Crippen molar-refractivity contribution in [1.29, 1.82) is 0 Å². The summed E-state index contributed by atoms with van der Waals surface area (Å²) in [5, 5.41) is 0. The Kier molecular flexibility index (Phi) is 23.6. The topological polar surface area (TPSA) is 55.4 Å². The lowest BCUT2D eigenvalue weighted by Gasteiger charge is -2.24. The second-order valence-electron chi connectivity index (χ2n) is 7.86. The highest BCUT2D eigenvalue weighted by Crippen LogP contribution is 2.18. The van der Waals surface area contributed by atoms with E-state index in [-0.39, 0.29) is 0 Å². The number of unbranched alkanes of at least 4 members (excludes halogenated alkanes) is 11. The second kappa shape index (κ2) is 23.6. The number of rotatable bonds is 25. The van der Waals surface area contributed by atoms with Crippen molar-refractivity contribution in [2.24, 2.45) is 0 Å². The van der Waals surface area contributed by atoms with Crippen molar-refractivity contribution in [3.05, 3.63) is 0 Å². The average Bonchev–Trinajstić information content (AvgIpc) is 2.78. The number of ether oxygens (including phenoxy) is 3. The molecule has 0 rings (SSSR count). The molecular formula is C23H50O6Si. The molecular weight excluding hydrogens is 400 g/mol. The van der Waals surface area contributed by atoms with Crippen LogP contribution in [0.15, 0.2) is 0 Å². The monoisotopic (exact) mass is 450 g/mol. The van der Waals surface area contributed by atoms with Gasteiger partial charge in [0.15, 0.2) is 0 Å². The highest BCUT2D eigenvalue weighted by molar-refractivity contribution is 6.60. The van der Waals surface area contributed by atoms with Crippen LogP contribution in [0.2, 0.25) is 6.04 Å². The van der Waals surface area contributed by atoms with Crippen molar-refractivity contribution >= 4 is 8.80 Å². The van der Waals surface area contributed by atoms with Crippen molar-refractivity contribution in [1.82, 2.24) is 0 Å². The molecule has 0 fully saturated rings. The maximum atomic E-state index is 5.75. The zero-order chi connectivity index (χ0) is 22.2. The second-order valence-corrected chi connectivity index (χ2v) is 10.9. The molecule has 0 atom stereocenters. The van der Waals surface area contributed by atoms with Gasteiger partial charge >= 0.3 is 8.80 Å². The molecule has 0 amide bonds. The molecule has 30 heavy (non-hydrogen) atoms. The van der Waals surface area contributed by atoms with E-state index in [0.717, 1.165) is 38.7 Å². The standard InChI is InChI=1S/C23H50O6Si/c1-24-21-22-29-20-16-12-11-15-19-28-18-14-10-8-6-5-7-9-13-17-23-30(25-2,26-3)27-4/h5-23H2,1-4H3. The highest BCUT2D eigenvalue weighted by Gasteiger charge is 2.36. The minimum absolute atomic E-state index is 0.690. The Morgan fingerprint density at radius 2 is 0.767 bits per heavy atom. The fourth-order valence-electron chi connectivity index (χ4n) is 3.45. The summed E-state index contributed by atoms with van der Waals surface area (Å²) < 4.78 is 32.5. The van der Waals surface area contributed by atoms with Gasteiger partial charge in [-0.25, -0.2) is 0 Å². The van der Waals surface area contributed by atoms with E-state index < -0.39 is 8.80 Å². The van der Waals surface area contributed by atoms with Crippen LogP contribution in [0.25, 0.3) is 0 Å². The molecule has 0 aromatic rings. The van der Waals surface area contributed by atoms with Gasteiger partial charge in [0.2, 0.25) is 0 Å². The molecule has 0 saturated heterocycles. The molecule has 182 valence electrons. The maximum Gasteiger partial charge on any atom is 0.500 e. The molecule has 0 bridgehead atoms. The van der Waals surface area contributed by atoms with Crippen molar-refractivity contribution < 1.29 is 27.5 Å². The van der Waals surface area contributed by atoms with Gasteiger partial charge in [-0.1, -0.05) is 57.8 Å². The molecule has 0 aliphatic heterocycles. The fraction of sp³-hybridized carbons (Fsp3) is 1.00. The Hall–Kier alpha value is -0.0231. The summed E-state index contributed by atoms with van der Waals surface area (Å²) in [5.41, 5.74) is 0. The molecule has 7 heteroatoms. The zero-order valence-corrected chi connectivity index (χ0v) is 21.4. The van der Waals surface area contributed by atoms with Crippen LogP contribution in [0.4, 0.5) is 0 Å². The minimum atomic E-state index is -2.35. The van der Waals surface area contributed by atoms with Crippen LogP contribution in [0, 0.1) is 0 Å². The molecule has 0 unspecified atom stereocenters.